The summed E-state index contributed by atoms with van der Waals surface area (Å²) in [5.41, 5.74) is 4.41. The number of carbonyl (C=O) groups excluding carboxylic acids is 3. The second-order valence-corrected chi connectivity index (χ2v) is 13.1. The average molecular weight is 637 g/mol. The van der Waals surface area contributed by atoms with Gasteiger partial charge in [0.15, 0.2) is 18.3 Å². The molecule has 0 aromatic heterocycles. The van der Waals surface area contributed by atoms with Crippen molar-refractivity contribution >= 4 is 39.8 Å². The number of hydrogen-bond donors (Lipinski definition) is 0. The van der Waals surface area contributed by atoms with Gasteiger partial charge in [-0.1, -0.05) is 42.5 Å². The van der Waals surface area contributed by atoms with Crippen LogP contribution < -0.4 is 0 Å². The Kier molecular flexibility index (Phi) is 12.6. The smallest absolute Gasteiger partial charge is 0.303 e. The van der Waals surface area contributed by atoms with Gasteiger partial charge in [-0.2, -0.15) is 8.42 Å². The van der Waals surface area contributed by atoms with Crippen LogP contribution in [0.15, 0.2) is 42.5 Å². The fraction of sp³-hybridized carbons (Fsp3) is 0.516. The Balaban J connectivity index is 1.82. The Morgan fingerprint density at radius 2 is 1.42 bits per heavy atom. The fourth-order valence-corrected chi connectivity index (χ4v) is 6.11. The van der Waals surface area contributed by atoms with E-state index in [1.807, 2.05) is 25.1 Å². The van der Waals surface area contributed by atoms with Crippen molar-refractivity contribution in [1.82, 2.24) is 0 Å². The average Bonchev–Trinajstić information content (AvgIpc) is 2.91. The molecule has 5 unspecified atom stereocenters. The summed E-state index contributed by atoms with van der Waals surface area (Å²) in [5.74, 6) is -1.76. The maximum Gasteiger partial charge on any atom is 0.303 e. The van der Waals surface area contributed by atoms with E-state index in [2.05, 4.69) is 24.3 Å². The first-order valence-electron chi connectivity index (χ1n) is 14.0. The minimum atomic E-state index is -3.41. The molecule has 0 radical (unpaired) electrons. The summed E-state index contributed by atoms with van der Waals surface area (Å²) in [4.78, 5) is 36.2. The Morgan fingerprint density at radius 3 is 2.00 bits per heavy atom. The molecule has 1 aliphatic heterocycles. The molecule has 236 valence electrons. The molecule has 1 saturated heterocycles. The van der Waals surface area contributed by atoms with Gasteiger partial charge in [0.2, 0.25) is 0 Å². The van der Waals surface area contributed by atoms with Crippen LogP contribution in [0.1, 0.15) is 67.5 Å². The van der Waals surface area contributed by atoms with Gasteiger partial charge in [-0.3, -0.25) is 18.6 Å². The molecule has 1 heterocycles. The predicted octanol–water partition coefficient (Wildman–Crippen LogP) is 4.44. The van der Waals surface area contributed by atoms with E-state index >= 15 is 0 Å². The van der Waals surface area contributed by atoms with E-state index in [0.717, 1.165) is 46.9 Å². The lowest BCUT2D eigenvalue weighted by molar-refractivity contribution is -0.233. The molecular weight excluding hydrogens is 596 g/mol. The standard InChI is InChI=1S/C31H40O10S2/c1-19-10-15-25(18-26(19)17-24-13-11-23(12-14-24)9-7-8-16-37-43(6,35)36)27-28(38-20(2)32)29(39-21(3)33)30(40-22(4)34)31(41-27)42-5/h10-15,18,27-31H,7-9,16-17H2,1-6H3. The summed E-state index contributed by atoms with van der Waals surface area (Å²) < 4.78 is 50.1. The molecule has 12 heteroatoms. The Morgan fingerprint density at radius 1 is 0.837 bits per heavy atom. The van der Waals surface area contributed by atoms with Crippen molar-refractivity contribution in [3.63, 3.8) is 0 Å². The molecule has 2 aromatic rings. The van der Waals surface area contributed by atoms with Crippen molar-refractivity contribution in [3.8, 4) is 0 Å². The van der Waals surface area contributed by atoms with E-state index in [4.69, 9.17) is 23.1 Å². The minimum absolute atomic E-state index is 0.180. The van der Waals surface area contributed by atoms with Crippen molar-refractivity contribution in [1.29, 1.82) is 0 Å². The van der Waals surface area contributed by atoms with E-state index in [9.17, 15) is 22.8 Å². The fourth-order valence-electron chi connectivity index (χ4n) is 4.98. The van der Waals surface area contributed by atoms with E-state index in [-0.39, 0.29) is 6.61 Å². The zero-order chi connectivity index (χ0) is 31.7. The van der Waals surface area contributed by atoms with Crippen molar-refractivity contribution in [2.45, 2.75) is 83.2 Å². The normalized spacial score (nSPS) is 22.0. The lowest BCUT2D eigenvalue weighted by atomic mass is 9.90. The van der Waals surface area contributed by atoms with Gasteiger partial charge < -0.3 is 18.9 Å². The quantitative estimate of drug-likeness (QED) is 0.134. The summed E-state index contributed by atoms with van der Waals surface area (Å²) in [7, 11) is -3.41. The maximum atomic E-state index is 12.2. The molecule has 0 amide bonds. The zero-order valence-corrected chi connectivity index (χ0v) is 27.0. The van der Waals surface area contributed by atoms with Crippen LogP contribution >= 0.6 is 11.8 Å². The second kappa shape index (κ2) is 15.7. The van der Waals surface area contributed by atoms with Gasteiger partial charge in [0.25, 0.3) is 10.1 Å². The summed E-state index contributed by atoms with van der Waals surface area (Å²) in [5, 5.41) is 0. The number of esters is 3. The van der Waals surface area contributed by atoms with Crippen molar-refractivity contribution in [2.75, 3.05) is 19.1 Å². The first-order chi connectivity index (χ1) is 20.3. The van der Waals surface area contributed by atoms with Crippen molar-refractivity contribution in [2.24, 2.45) is 0 Å². The van der Waals surface area contributed by atoms with Gasteiger partial charge in [-0.05, 0) is 66.7 Å². The number of thioether (sulfide) groups is 1. The Bertz CT molecular complexity index is 1370. The molecule has 0 bridgehead atoms. The van der Waals surface area contributed by atoms with Crippen LogP contribution in [-0.4, -0.2) is 69.2 Å². The third-order valence-corrected chi connectivity index (χ3v) is 8.35. The van der Waals surface area contributed by atoms with E-state index in [1.54, 1.807) is 6.26 Å². The van der Waals surface area contributed by atoms with E-state index in [1.165, 1.54) is 32.5 Å². The molecular formula is C31H40O10S2. The number of aryl methyl sites for hydroxylation is 2. The van der Waals surface area contributed by atoms with E-state index < -0.39 is 57.9 Å². The number of carbonyl (C=O) groups is 3. The summed E-state index contributed by atoms with van der Waals surface area (Å²) in [6.45, 7) is 5.96. The number of rotatable bonds is 13. The molecule has 3 rings (SSSR count). The highest BCUT2D eigenvalue weighted by Gasteiger charge is 2.52. The lowest BCUT2D eigenvalue weighted by Crippen LogP contribution is -2.57. The van der Waals surface area contributed by atoms with Crippen LogP contribution in [0.2, 0.25) is 0 Å². The minimum Gasteiger partial charge on any atom is -0.455 e. The highest BCUT2D eigenvalue weighted by Crippen LogP contribution is 2.40. The SMILES string of the molecule is CSC1OC(c2ccc(C)c(Cc3ccc(CCCCOS(C)(=O)=O)cc3)c2)C(OC(C)=O)C(OC(C)=O)C1OC(C)=O. The summed E-state index contributed by atoms with van der Waals surface area (Å²) >= 11 is 1.30. The van der Waals surface area contributed by atoms with Gasteiger partial charge in [-0.15, -0.1) is 11.8 Å². The number of ether oxygens (including phenoxy) is 4. The molecule has 0 spiro atoms. The van der Waals surface area contributed by atoms with Crippen LogP contribution in [-0.2, 0) is 60.5 Å². The predicted molar refractivity (Wildman–Crippen MR) is 162 cm³/mol. The number of hydrogen-bond acceptors (Lipinski definition) is 11. The third-order valence-electron chi connectivity index (χ3n) is 6.91. The maximum absolute atomic E-state index is 12.2. The van der Waals surface area contributed by atoms with Gasteiger partial charge >= 0.3 is 17.9 Å². The largest absolute Gasteiger partial charge is 0.455 e. The van der Waals surface area contributed by atoms with Gasteiger partial charge in [0, 0.05) is 20.8 Å². The highest BCUT2D eigenvalue weighted by atomic mass is 32.2. The first-order valence-corrected chi connectivity index (χ1v) is 17.1. The molecule has 2 aromatic carbocycles. The number of unbranched alkanes of at least 4 members (excludes halogenated alkanes) is 1. The molecule has 10 nitrogen and oxygen atoms in total. The lowest BCUT2D eigenvalue weighted by Gasteiger charge is -2.44. The topological polar surface area (TPSA) is 132 Å². The van der Waals surface area contributed by atoms with Crippen molar-refractivity contribution in [3.05, 3.63) is 70.3 Å². The van der Waals surface area contributed by atoms with Crippen LogP contribution in [0.25, 0.3) is 0 Å². The van der Waals surface area contributed by atoms with Crippen LogP contribution in [0.3, 0.4) is 0 Å². The molecule has 0 N–H and O–H groups in total. The highest BCUT2D eigenvalue weighted by molar-refractivity contribution is 7.99. The number of benzene rings is 2. The molecule has 43 heavy (non-hydrogen) atoms. The van der Waals surface area contributed by atoms with Crippen LogP contribution in [0, 0.1) is 6.92 Å². The van der Waals surface area contributed by atoms with Crippen LogP contribution in [0.4, 0.5) is 0 Å². The molecule has 1 fully saturated rings. The van der Waals surface area contributed by atoms with Gasteiger partial charge in [-0.25, -0.2) is 0 Å². The summed E-state index contributed by atoms with van der Waals surface area (Å²) in [6, 6.07) is 14.1. The Labute approximate surface area is 257 Å². The monoisotopic (exact) mass is 636 g/mol. The van der Waals surface area contributed by atoms with Gasteiger partial charge in [0.1, 0.15) is 11.5 Å². The molecule has 0 aliphatic carbocycles. The molecule has 0 saturated carbocycles. The van der Waals surface area contributed by atoms with Crippen LogP contribution in [0.5, 0.6) is 0 Å². The molecule has 5 atom stereocenters. The van der Waals surface area contributed by atoms with Crippen molar-refractivity contribution < 1.29 is 45.9 Å². The third kappa shape index (κ3) is 10.6. The summed E-state index contributed by atoms with van der Waals surface area (Å²) in [6.07, 6.45) is 1.87. The van der Waals surface area contributed by atoms with E-state index in [0.29, 0.717) is 12.8 Å². The second-order valence-electron chi connectivity index (χ2n) is 10.5. The first kappa shape index (κ1) is 34.6. The zero-order valence-electron chi connectivity index (χ0n) is 25.4. The Hall–Kier alpha value is -2.93. The molecule has 1 aliphatic rings. The van der Waals surface area contributed by atoms with Gasteiger partial charge in [0.05, 0.1) is 12.9 Å².